The topological polar surface area (TPSA) is 35.5 Å². The van der Waals surface area contributed by atoms with Gasteiger partial charge in [-0.05, 0) is 24.3 Å². The molecule has 0 aliphatic rings. The van der Waals surface area contributed by atoms with Gasteiger partial charge in [0.15, 0.2) is 23.1 Å². The summed E-state index contributed by atoms with van der Waals surface area (Å²) in [6.45, 7) is -0.139. The molecular weight excluding hydrogens is 266 g/mol. The first kappa shape index (κ1) is 14.0. The molecule has 2 aromatic rings. The van der Waals surface area contributed by atoms with Crippen molar-refractivity contribution in [3.05, 3.63) is 59.2 Å². The van der Waals surface area contributed by atoms with Crippen molar-refractivity contribution in [3.63, 3.8) is 0 Å². The highest BCUT2D eigenvalue weighted by molar-refractivity contribution is 5.76. The van der Waals surface area contributed by atoms with Crippen molar-refractivity contribution in [2.45, 2.75) is 6.61 Å². The van der Waals surface area contributed by atoms with Gasteiger partial charge < -0.3 is 9.47 Å². The molecule has 2 aromatic carbocycles. The summed E-state index contributed by atoms with van der Waals surface area (Å²) in [4.78, 5) is 10.7. The molecule has 0 saturated carbocycles. The normalized spacial score (nSPS) is 10.2. The maximum atomic E-state index is 13.5. The summed E-state index contributed by atoms with van der Waals surface area (Å²) in [6.07, 6.45) is 0.679. The van der Waals surface area contributed by atoms with E-state index in [1.807, 2.05) is 0 Å². The highest BCUT2D eigenvalue weighted by atomic mass is 19.2. The Morgan fingerprint density at radius 1 is 1.15 bits per heavy atom. The maximum Gasteiger partial charge on any atom is 0.165 e. The molecule has 20 heavy (non-hydrogen) atoms. The molecule has 0 amide bonds. The minimum Gasteiger partial charge on any atom is -0.493 e. The van der Waals surface area contributed by atoms with Gasteiger partial charge in [-0.25, -0.2) is 8.78 Å². The minimum atomic E-state index is -0.934. The van der Waals surface area contributed by atoms with Gasteiger partial charge in [-0.15, -0.1) is 0 Å². The van der Waals surface area contributed by atoms with Crippen LogP contribution >= 0.6 is 0 Å². The number of aldehydes is 1. The molecule has 0 unspecified atom stereocenters. The van der Waals surface area contributed by atoms with Crippen molar-refractivity contribution in [3.8, 4) is 11.5 Å². The molecular formula is C15H12F2O3. The second-order valence-corrected chi connectivity index (χ2v) is 4.03. The van der Waals surface area contributed by atoms with Gasteiger partial charge in [0, 0.05) is 11.1 Å². The van der Waals surface area contributed by atoms with Crippen molar-refractivity contribution in [2.75, 3.05) is 7.11 Å². The van der Waals surface area contributed by atoms with Crippen molar-refractivity contribution < 1.29 is 23.0 Å². The predicted octanol–water partition coefficient (Wildman–Crippen LogP) is 3.36. The Balaban J connectivity index is 2.18. The molecule has 0 saturated heterocycles. The largest absolute Gasteiger partial charge is 0.493 e. The number of carbonyl (C=O) groups excluding carboxylic acids is 1. The van der Waals surface area contributed by atoms with Gasteiger partial charge in [0.2, 0.25) is 0 Å². The van der Waals surface area contributed by atoms with Crippen molar-refractivity contribution in [2.24, 2.45) is 0 Å². The molecule has 3 nitrogen and oxygen atoms in total. The van der Waals surface area contributed by atoms with E-state index in [9.17, 15) is 13.6 Å². The van der Waals surface area contributed by atoms with Crippen LogP contribution in [0.2, 0.25) is 0 Å². The van der Waals surface area contributed by atoms with Crippen LogP contribution in [0.15, 0.2) is 36.4 Å². The van der Waals surface area contributed by atoms with Crippen LogP contribution in [0.1, 0.15) is 15.9 Å². The molecule has 0 aliphatic carbocycles. The zero-order chi connectivity index (χ0) is 14.5. The Bertz CT molecular complexity index is 627. The third kappa shape index (κ3) is 2.93. The number of rotatable bonds is 5. The van der Waals surface area contributed by atoms with Crippen LogP contribution in [0.4, 0.5) is 8.78 Å². The van der Waals surface area contributed by atoms with E-state index >= 15 is 0 Å². The lowest BCUT2D eigenvalue weighted by Gasteiger charge is -2.11. The zero-order valence-corrected chi connectivity index (χ0v) is 10.7. The second-order valence-electron chi connectivity index (χ2n) is 4.03. The van der Waals surface area contributed by atoms with E-state index < -0.39 is 11.6 Å². The molecule has 0 aromatic heterocycles. The predicted molar refractivity (Wildman–Crippen MR) is 69.1 cm³/mol. The molecule has 2 rings (SSSR count). The molecule has 0 N–H and O–H groups in total. The third-order valence-electron chi connectivity index (χ3n) is 2.74. The van der Waals surface area contributed by atoms with E-state index in [1.165, 1.54) is 25.3 Å². The van der Waals surface area contributed by atoms with E-state index in [-0.39, 0.29) is 12.2 Å². The fraction of sp³-hybridized carbons (Fsp3) is 0.133. The SMILES string of the molecule is COc1cc(C=O)ccc1OCc1cccc(F)c1F. The molecule has 0 atom stereocenters. The van der Waals surface area contributed by atoms with Crippen molar-refractivity contribution in [1.82, 2.24) is 0 Å². The first-order valence-corrected chi connectivity index (χ1v) is 5.84. The van der Waals surface area contributed by atoms with Gasteiger partial charge in [-0.1, -0.05) is 12.1 Å². The van der Waals surface area contributed by atoms with Crippen LogP contribution in [-0.2, 0) is 6.61 Å². The van der Waals surface area contributed by atoms with Crippen LogP contribution < -0.4 is 9.47 Å². The van der Waals surface area contributed by atoms with Crippen LogP contribution in [-0.4, -0.2) is 13.4 Å². The fourth-order valence-corrected chi connectivity index (χ4v) is 1.69. The fourth-order valence-electron chi connectivity index (χ4n) is 1.69. The summed E-state index contributed by atoms with van der Waals surface area (Å²) in [5.74, 6) is -1.15. The molecule has 104 valence electrons. The number of carbonyl (C=O) groups is 1. The second kappa shape index (κ2) is 6.14. The summed E-state index contributed by atoms with van der Waals surface area (Å²) in [6, 6.07) is 8.48. The number of benzene rings is 2. The number of hydrogen-bond donors (Lipinski definition) is 0. The molecule has 0 fully saturated rings. The van der Waals surface area contributed by atoms with Crippen molar-refractivity contribution in [1.29, 1.82) is 0 Å². The van der Waals surface area contributed by atoms with Gasteiger partial charge in [-0.3, -0.25) is 4.79 Å². The maximum absolute atomic E-state index is 13.5. The van der Waals surface area contributed by atoms with Crippen LogP contribution in [0.25, 0.3) is 0 Å². The Morgan fingerprint density at radius 3 is 2.65 bits per heavy atom. The molecule has 5 heteroatoms. The number of hydrogen-bond acceptors (Lipinski definition) is 3. The Kier molecular flexibility index (Phi) is 4.30. The quantitative estimate of drug-likeness (QED) is 0.787. The Labute approximate surface area is 114 Å². The van der Waals surface area contributed by atoms with E-state index in [2.05, 4.69) is 0 Å². The van der Waals surface area contributed by atoms with Gasteiger partial charge >= 0.3 is 0 Å². The average Bonchev–Trinajstić information content (AvgIpc) is 2.48. The van der Waals surface area contributed by atoms with E-state index in [0.717, 1.165) is 6.07 Å². The molecule has 0 bridgehead atoms. The van der Waals surface area contributed by atoms with Crippen LogP contribution in [0.3, 0.4) is 0 Å². The molecule has 0 spiro atoms. The van der Waals surface area contributed by atoms with Crippen LogP contribution in [0, 0.1) is 11.6 Å². The zero-order valence-electron chi connectivity index (χ0n) is 10.7. The summed E-state index contributed by atoms with van der Waals surface area (Å²) in [5, 5.41) is 0. The van der Waals surface area contributed by atoms with Gasteiger partial charge in [0.1, 0.15) is 12.9 Å². The molecule has 0 heterocycles. The van der Waals surface area contributed by atoms with E-state index in [0.29, 0.717) is 23.3 Å². The monoisotopic (exact) mass is 278 g/mol. The summed E-state index contributed by atoms with van der Waals surface area (Å²) < 4.78 is 37.0. The first-order valence-electron chi connectivity index (χ1n) is 5.84. The lowest BCUT2D eigenvalue weighted by Crippen LogP contribution is -2.02. The molecule has 0 aliphatic heterocycles. The summed E-state index contributed by atoms with van der Waals surface area (Å²) in [5.41, 5.74) is 0.539. The highest BCUT2D eigenvalue weighted by Crippen LogP contribution is 2.28. The number of halogens is 2. The smallest absolute Gasteiger partial charge is 0.165 e. The summed E-state index contributed by atoms with van der Waals surface area (Å²) >= 11 is 0. The van der Waals surface area contributed by atoms with Gasteiger partial charge in [0.05, 0.1) is 7.11 Å². The number of methoxy groups -OCH3 is 1. The van der Waals surface area contributed by atoms with Gasteiger partial charge in [-0.2, -0.15) is 0 Å². The van der Waals surface area contributed by atoms with Gasteiger partial charge in [0.25, 0.3) is 0 Å². The van der Waals surface area contributed by atoms with Crippen molar-refractivity contribution >= 4 is 6.29 Å². The standard InChI is InChI=1S/C15H12F2O3/c1-19-14-7-10(8-18)5-6-13(14)20-9-11-3-2-4-12(16)15(11)17/h2-8H,9H2,1H3. The lowest BCUT2D eigenvalue weighted by molar-refractivity contribution is 0.112. The average molecular weight is 278 g/mol. The lowest BCUT2D eigenvalue weighted by atomic mass is 10.2. The third-order valence-corrected chi connectivity index (χ3v) is 2.74. The minimum absolute atomic E-state index is 0.103. The van der Waals surface area contributed by atoms with E-state index in [1.54, 1.807) is 12.1 Å². The summed E-state index contributed by atoms with van der Waals surface area (Å²) in [7, 11) is 1.43. The number of ether oxygens (including phenoxy) is 2. The van der Waals surface area contributed by atoms with Crippen LogP contribution in [0.5, 0.6) is 11.5 Å². The Morgan fingerprint density at radius 2 is 1.95 bits per heavy atom. The first-order chi connectivity index (χ1) is 9.65. The Hall–Kier alpha value is -2.43. The van der Waals surface area contributed by atoms with E-state index in [4.69, 9.17) is 9.47 Å². The molecule has 0 radical (unpaired) electrons. The highest BCUT2D eigenvalue weighted by Gasteiger charge is 2.10.